The molecule has 34 heavy (non-hydrogen) atoms. The first-order chi connectivity index (χ1) is 16.6. The number of sulfonamides is 1. The molecule has 178 valence electrons. The second-order valence-electron chi connectivity index (χ2n) is 8.61. The number of morpholine rings is 1. The third kappa shape index (κ3) is 4.94. The number of hydrogen-bond donors (Lipinski definition) is 1. The summed E-state index contributed by atoms with van der Waals surface area (Å²) in [5.74, 6) is 0. The van der Waals surface area contributed by atoms with E-state index in [-0.39, 0.29) is 5.03 Å². The number of ether oxygens (including phenoxy) is 1. The molecule has 0 aliphatic carbocycles. The molecule has 0 unspecified atom stereocenters. The Morgan fingerprint density at radius 3 is 2.15 bits per heavy atom. The topological polar surface area (TPSA) is 74.8 Å². The quantitative estimate of drug-likeness (QED) is 0.524. The summed E-state index contributed by atoms with van der Waals surface area (Å²) < 4.78 is 33.7. The fraction of sp³-hybridized carbons (Fsp3) is 0.346. The number of anilines is 3. The van der Waals surface area contributed by atoms with Crippen LogP contribution in [0.3, 0.4) is 0 Å². The molecule has 0 bridgehead atoms. The maximum Gasteiger partial charge on any atom is 0.258 e. The number of benzene rings is 2. The second-order valence-corrected chi connectivity index (χ2v) is 10.3. The fourth-order valence-corrected chi connectivity index (χ4v) is 5.67. The molecule has 2 aliphatic heterocycles. The minimum atomic E-state index is -3.66. The van der Waals surface area contributed by atoms with Gasteiger partial charge in [0, 0.05) is 37.6 Å². The highest BCUT2D eigenvalue weighted by Gasteiger charge is 2.21. The highest BCUT2D eigenvalue weighted by Crippen LogP contribution is 2.35. The van der Waals surface area contributed by atoms with Crippen molar-refractivity contribution in [3.05, 3.63) is 78.0 Å². The zero-order valence-electron chi connectivity index (χ0n) is 19.2. The highest BCUT2D eigenvalue weighted by atomic mass is 32.2. The molecule has 0 spiro atoms. The van der Waals surface area contributed by atoms with Crippen LogP contribution >= 0.6 is 0 Å². The number of rotatable bonds is 7. The van der Waals surface area contributed by atoms with Crippen LogP contribution < -0.4 is 14.5 Å². The summed E-state index contributed by atoms with van der Waals surface area (Å²) >= 11 is 0. The number of hydrogen-bond acceptors (Lipinski definition) is 6. The van der Waals surface area contributed by atoms with Gasteiger partial charge in [0.05, 0.1) is 25.1 Å². The van der Waals surface area contributed by atoms with Gasteiger partial charge in [0.2, 0.25) is 0 Å². The van der Waals surface area contributed by atoms with Crippen molar-refractivity contribution in [2.24, 2.45) is 0 Å². The molecule has 5 rings (SSSR count). The molecule has 1 aromatic heterocycles. The van der Waals surface area contributed by atoms with Gasteiger partial charge in [-0.1, -0.05) is 36.4 Å². The molecule has 7 nitrogen and oxygen atoms in total. The van der Waals surface area contributed by atoms with Gasteiger partial charge >= 0.3 is 0 Å². The van der Waals surface area contributed by atoms with Crippen molar-refractivity contribution in [3.8, 4) is 0 Å². The van der Waals surface area contributed by atoms with E-state index in [1.807, 2.05) is 6.07 Å². The zero-order valence-corrected chi connectivity index (χ0v) is 20.0. The molecule has 2 aromatic carbocycles. The van der Waals surface area contributed by atoms with Crippen molar-refractivity contribution < 1.29 is 13.2 Å². The number of nitrogens with zero attached hydrogens (tertiary/aromatic N) is 3. The van der Waals surface area contributed by atoms with E-state index in [4.69, 9.17) is 4.74 Å². The van der Waals surface area contributed by atoms with Crippen LogP contribution in [0.15, 0.2) is 71.9 Å². The Balaban J connectivity index is 1.23. The number of aromatic nitrogens is 1. The van der Waals surface area contributed by atoms with E-state index in [9.17, 15) is 8.42 Å². The Bertz CT molecular complexity index is 1180. The van der Waals surface area contributed by atoms with E-state index in [0.29, 0.717) is 26.2 Å². The predicted octanol–water partition coefficient (Wildman–Crippen LogP) is 3.52. The Morgan fingerprint density at radius 1 is 0.882 bits per heavy atom. The van der Waals surface area contributed by atoms with Gasteiger partial charge in [-0.05, 0) is 54.7 Å². The van der Waals surface area contributed by atoms with Crippen LogP contribution in [0.5, 0.6) is 0 Å². The van der Waals surface area contributed by atoms with Gasteiger partial charge in [0.15, 0.2) is 5.03 Å². The van der Waals surface area contributed by atoms with E-state index in [2.05, 4.69) is 68.0 Å². The average Bonchev–Trinajstić information content (AvgIpc) is 3.04. The van der Waals surface area contributed by atoms with Crippen LogP contribution in [-0.4, -0.2) is 52.8 Å². The number of fused-ring (bicyclic) bond motifs is 2. The lowest BCUT2D eigenvalue weighted by Gasteiger charge is -2.28. The van der Waals surface area contributed by atoms with Crippen molar-refractivity contribution in [3.63, 3.8) is 0 Å². The molecule has 1 saturated heterocycles. The maximum atomic E-state index is 12.8. The van der Waals surface area contributed by atoms with E-state index in [1.165, 1.54) is 22.5 Å². The highest BCUT2D eigenvalue weighted by molar-refractivity contribution is 7.89. The largest absolute Gasteiger partial charge is 0.378 e. The van der Waals surface area contributed by atoms with Gasteiger partial charge in [0.25, 0.3) is 10.0 Å². The van der Waals surface area contributed by atoms with E-state index < -0.39 is 10.0 Å². The molecule has 0 atom stereocenters. The lowest BCUT2D eigenvalue weighted by molar-refractivity contribution is 0.122. The summed E-state index contributed by atoms with van der Waals surface area (Å²) in [6.45, 7) is 3.99. The minimum Gasteiger partial charge on any atom is -0.378 e. The predicted molar refractivity (Wildman–Crippen MR) is 134 cm³/mol. The van der Waals surface area contributed by atoms with Crippen molar-refractivity contribution >= 4 is 27.1 Å². The Hall–Kier alpha value is -2.94. The lowest BCUT2D eigenvalue weighted by Crippen LogP contribution is -2.36. The van der Waals surface area contributed by atoms with Crippen molar-refractivity contribution in [1.82, 2.24) is 9.71 Å². The van der Waals surface area contributed by atoms with Gasteiger partial charge in [-0.25, -0.2) is 18.1 Å². The zero-order chi connectivity index (χ0) is 23.4. The van der Waals surface area contributed by atoms with E-state index >= 15 is 0 Å². The van der Waals surface area contributed by atoms with Gasteiger partial charge < -0.3 is 14.5 Å². The summed E-state index contributed by atoms with van der Waals surface area (Å²) in [7, 11) is -3.66. The SMILES string of the molecule is O=S(=O)(NCCCN1c2ccccc2CCc2ccccc21)c1ccc(N2CCOCC2)cn1. The first-order valence-electron chi connectivity index (χ1n) is 11.8. The monoisotopic (exact) mass is 478 g/mol. The Kier molecular flexibility index (Phi) is 6.80. The first kappa shape index (κ1) is 22.8. The van der Waals surface area contributed by atoms with Crippen LogP contribution in [0.1, 0.15) is 17.5 Å². The second kappa shape index (κ2) is 10.1. The number of para-hydroxylation sites is 2. The molecule has 1 N–H and O–H groups in total. The maximum absolute atomic E-state index is 12.8. The van der Waals surface area contributed by atoms with E-state index in [0.717, 1.165) is 38.2 Å². The number of nitrogens with one attached hydrogen (secondary N) is 1. The smallest absolute Gasteiger partial charge is 0.258 e. The summed E-state index contributed by atoms with van der Waals surface area (Å²) in [4.78, 5) is 8.69. The molecule has 3 heterocycles. The molecule has 0 saturated carbocycles. The molecular weight excluding hydrogens is 448 g/mol. The van der Waals surface area contributed by atoms with Crippen LogP contribution in [0.2, 0.25) is 0 Å². The van der Waals surface area contributed by atoms with Gasteiger partial charge in [-0.15, -0.1) is 0 Å². The summed E-state index contributed by atoms with van der Waals surface area (Å²) in [5, 5.41) is 0.0509. The average molecular weight is 479 g/mol. The summed E-state index contributed by atoms with van der Waals surface area (Å²) in [6, 6.07) is 20.4. The summed E-state index contributed by atoms with van der Waals surface area (Å²) in [6.07, 6.45) is 4.31. The normalized spacial score (nSPS) is 16.0. The fourth-order valence-electron chi connectivity index (χ4n) is 4.67. The number of aryl methyl sites for hydroxylation is 2. The standard InChI is InChI=1S/C26H30N4O3S/c31-34(32,26-13-12-23(20-27-26)29-16-18-33-19-17-29)28-14-5-15-30-24-8-3-1-6-21(24)10-11-22-7-2-4-9-25(22)30/h1-4,6-9,12-13,20,28H,5,10-11,14-19H2. The van der Waals surface area contributed by atoms with Crippen LogP contribution in [0.4, 0.5) is 17.1 Å². The molecule has 1 fully saturated rings. The summed E-state index contributed by atoms with van der Waals surface area (Å²) in [5.41, 5.74) is 5.97. The van der Waals surface area contributed by atoms with E-state index in [1.54, 1.807) is 12.3 Å². The molecule has 0 radical (unpaired) electrons. The molecule has 8 heteroatoms. The van der Waals surface area contributed by atoms with Gasteiger partial charge in [-0.3, -0.25) is 0 Å². The minimum absolute atomic E-state index is 0.0509. The Labute approximate surface area is 201 Å². The third-order valence-corrected chi connectivity index (χ3v) is 7.83. The van der Waals surface area contributed by atoms with Crippen molar-refractivity contribution in [2.45, 2.75) is 24.3 Å². The van der Waals surface area contributed by atoms with Crippen molar-refractivity contribution in [1.29, 1.82) is 0 Å². The molecular formula is C26H30N4O3S. The van der Waals surface area contributed by atoms with Gasteiger partial charge in [-0.2, -0.15) is 0 Å². The number of pyridine rings is 1. The molecule has 0 amide bonds. The molecule has 3 aromatic rings. The molecule has 2 aliphatic rings. The van der Waals surface area contributed by atoms with Gasteiger partial charge in [0.1, 0.15) is 0 Å². The lowest BCUT2D eigenvalue weighted by atomic mass is 10.0. The Morgan fingerprint density at radius 2 is 1.53 bits per heavy atom. The van der Waals surface area contributed by atoms with Crippen LogP contribution in [0.25, 0.3) is 0 Å². The van der Waals surface area contributed by atoms with Crippen LogP contribution in [-0.2, 0) is 27.6 Å². The van der Waals surface area contributed by atoms with Crippen LogP contribution in [0, 0.1) is 0 Å². The van der Waals surface area contributed by atoms with Crippen molar-refractivity contribution in [2.75, 3.05) is 49.2 Å². The first-order valence-corrected chi connectivity index (χ1v) is 13.3. The third-order valence-electron chi connectivity index (χ3n) is 6.45.